The van der Waals surface area contributed by atoms with Crippen molar-refractivity contribution in [3.63, 3.8) is 0 Å². The molecule has 0 aromatic heterocycles. The molecule has 0 saturated heterocycles. The van der Waals surface area contributed by atoms with Gasteiger partial charge in [0.05, 0.1) is 0 Å². The quantitative estimate of drug-likeness (QED) is 0.468. The van der Waals surface area contributed by atoms with Gasteiger partial charge in [0.25, 0.3) is 0 Å². The Morgan fingerprint density at radius 1 is 1.33 bits per heavy atom. The van der Waals surface area contributed by atoms with E-state index in [1.165, 1.54) is 6.42 Å². The van der Waals surface area contributed by atoms with Gasteiger partial charge in [-0.05, 0) is 18.3 Å². The van der Waals surface area contributed by atoms with Crippen molar-refractivity contribution in [3.8, 4) is 0 Å². The first-order valence-electron chi connectivity index (χ1n) is 3.49. The number of hydrogen-bond donors (Lipinski definition) is 0. The van der Waals surface area contributed by atoms with Crippen molar-refractivity contribution in [2.24, 2.45) is 16.8 Å². The summed E-state index contributed by atoms with van der Waals surface area (Å²) in [6.45, 7) is 4.43. The van der Waals surface area contributed by atoms with Gasteiger partial charge in [-0.15, -0.1) is 0 Å². The molecule has 1 heteroatoms. The van der Waals surface area contributed by atoms with Gasteiger partial charge in [-0.1, -0.05) is 19.9 Å². The van der Waals surface area contributed by atoms with Crippen LogP contribution in [0.15, 0.2) is 17.3 Å². The molecule has 0 aromatic rings. The summed E-state index contributed by atoms with van der Waals surface area (Å²) in [4.78, 5) is 4.10. The molecule has 0 amide bonds. The van der Waals surface area contributed by atoms with Crippen LogP contribution in [-0.4, -0.2) is 6.21 Å². The number of nitrogens with zero attached hydrogens (tertiary/aromatic N) is 1. The molecule has 2 atom stereocenters. The second-order valence-corrected chi connectivity index (χ2v) is 2.83. The van der Waals surface area contributed by atoms with Crippen molar-refractivity contribution in [3.05, 3.63) is 12.3 Å². The second kappa shape index (κ2) is 2.81. The molecule has 1 heterocycles. The summed E-state index contributed by atoms with van der Waals surface area (Å²) in [7, 11) is 0. The summed E-state index contributed by atoms with van der Waals surface area (Å²) in [5.74, 6) is 1.34. The standard InChI is InChI=1S/C8H13N/c1-7-3-4-9-6-8(2)5-7/h3-4,6-8H,5H2,1-2H3. The van der Waals surface area contributed by atoms with Crippen LogP contribution >= 0.6 is 0 Å². The fourth-order valence-electron chi connectivity index (χ4n) is 1.12. The third-order valence-electron chi connectivity index (χ3n) is 1.58. The topological polar surface area (TPSA) is 12.4 Å². The maximum Gasteiger partial charge on any atom is 0.0226 e. The predicted octanol–water partition coefficient (Wildman–Crippen LogP) is 2.25. The van der Waals surface area contributed by atoms with Gasteiger partial charge in [0.2, 0.25) is 0 Å². The van der Waals surface area contributed by atoms with Gasteiger partial charge in [0, 0.05) is 12.4 Å². The summed E-state index contributed by atoms with van der Waals surface area (Å²) in [6, 6.07) is 0. The van der Waals surface area contributed by atoms with E-state index in [0.717, 1.165) is 0 Å². The van der Waals surface area contributed by atoms with Gasteiger partial charge in [0.15, 0.2) is 0 Å². The fraction of sp³-hybridized carbons (Fsp3) is 0.625. The van der Waals surface area contributed by atoms with E-state index in [0.29, 0.717) is 11.8 Å². The molecule has 1 aliphatic heterocycles. The van der Waals surface area contributed by atoms with Gasteiger partial charge >= 0.3 is 0 Å². The Kier molecular flexibility index (Phi) is 2.04. The SMILES string of the molecule is CC1C=CN=CC(C)C1. The molecule has 0 aromatic carbocycles. The fourth-order valence-corrected chi connectivity index (χ4v) is 1.12. The third kappa shape index (κ3) is 2.00. The van der Waals surface area contributed by atoms with E-state index in [2.05, 4.69) is 24.9 Å². The second-order valence-electron chi connectivity index (χ2n) is 2.83. The zero-order chi connectivity index (χ0) is 6.69. The Balaban J connectivity index is 2.54. The molecular weight excluding hydrogens is 110 g/mol. The molecule has 0 N–H and O–H groups in total. The Hall–Kier alpha value is -0.590. The average Bonchev–Trinajstić information content (AvgIpc) is 1.93. The average molecular weight is 123 g/mol. The minimum Gasteiger partial charge on any atom is -0.269 e. The predicted molar refractivity (Wildman–Crippen MR) is 40.6 cm³/mol. The van der Waals surface area contributed by atoms with Crippen LogP contribution in [-0.2, 0) is 0 Å². The molecule has 0 saturated carbocycles. The lowest BCUT2D eigenvalue weighted by atomic mass is 9.99. The van der Waals surface area contributed by atoms with E-state index in [-0.39, 0.29) is 0 Å². The summed E-state index contributed by atoms with van der Waals surface area (Å²) in [6.07, 6.45) is 7.30. The van der Waals surface area contributed by atoms with E-state index < -0.39 is 0 Å². The summed E-state index contributed by atoms with van der Waals surface area (Å²) < 4.78 is 0. The van der Waals surface area contributed by atoms with Gasteiger partial charge in [-0.2, -0.15) is 0 Å². The molecule has 0 radical (unpaired) electrons. The van der Waals surface area contributed by atoms with Crippen LogP contribution < -0.4 is 0 Å². The van der Waals surface area contributed by atoms with E-state index in [1.54, 1.807) is 0 Å². The molecule has 0 fully saturated rings. The van der Waals surface area contributed by atoms with Crippen molar-refractivity contribution in [1.29, 1.82) is 0 Å². The maximum atomic E-state index is 4.10. The highest BCUT2D eigenvalue weighted by atomic mass is 14.7. The number of hydrogen-bond acceptors (Lipinski definition) is 1. The van der Waals surface area contributed by atoms with Crippen LogP contribution in [0.5, 0.6) is 0 Å². The minimum atomic E-state index is 0.648. The van der Waals surface area contributed by atoms with Crippen molar-refractivity contribution in [1.82, 2.24) is 0 Å². The normalized spacial score (nSPS) is 34.4. The number of aliphatic imine (C=N–C) groups is 1. The summed E-state index contributed by atoms with van der Waals surface area (Å²) >= 11 is 0. The monoisotopic (exact) mass is 123 g/mol. The smallest absolute Gasteiger partial charge is 0.0226 e. The van der Waals surface area contributed by atoms with Crippen molar-refractivity contribution < 1.29 is 0 Å². The maximum absolute atomic E-state index is 4.10. The zero-order valence-electron chi connectivity index (χ0n) is 6.04. The first-order valence-corrected chi connectivity index (χ1v) is 3.49. The van der Waals surface area contributed by atoms with Crippen LogP contribution in [0.3, 0.4) is 0 Å². The number of allylic oxidation sites excluding steroid dienone is 1. The molecule has 0 spiro atoms. The van der Waals surface area contributed by atoms with Gasteiger partial charge in [0.1, 0.15) is 0 Å². The molecule has 1 aliphatic rings. The Morgan fingerprint density at radius 3 is 2.89 bits per heavy atom. The minimum absolute atomic E-state index is 0.648. The van der Waals surface area contributed by atoms with Crippen LogP contribution in [0.25, 0.3) is 0 Å². The van der Waals surface area contributed by atoms with Crippen molar-refractivity contribution in [2.45, 2.75) is 20.3 Å². The van der Waals surface area contributed by atoms with Crippen LogP contribution in [0.1, 0.15) is 20.3 Å². The Bertz CT molecular complexity index is 120. The molecule has 1 nitrogen and oxygen atoms in total. The van der Waals surface area contributed by atoms with Crippen LogP contribution in [0.4, 0.5) is 0 Å². The lowest BCUT2D eigenvalue weighted by Gasteiger charge is -2.05. The van der Waals surface area contributed by atoms with Crippen LogP contribution in [0, 0.1) is 11.8 Å². The summed E-state index contributed by atoms with van der Waals surface area (Å²) in [5, 5.41) is 0. The Labute approximate surface area is 56.5 Å². The molecule has 1 rings (SSSR count). The molecule has 50 valence electrons. The van der Waals surface area contributed by atoms with E-state index in [9.17, 15) is 0 Å². The first kappa shape index (κ1) is 6.53. The third-order valence-corrected chi connectivity index (χ3v) is 1.58. The number of rotatable bonds is 0. The van der Waals surface area contributed by atoms with E-state index in [4.69, 9.17) is 0 Å². The summed E-state index contributed by atoms with van der Waals surface area (Å²) in [5.41, 5.74) is 0. The van der Waals surface area contributed by atoms with Gasteiger partial charge in [-0.25, -0.2) is 0 Å². The molecule has 0 aliphatic carbocycles. The van der Waals surface area contributed by atoms with E-state index in [1.807, 2.05) is 12.4 Å². The van der Waals surface area contributed by atoms with Crippen molar-refractivity contribution in [2.75, 3.05) is 0 Å². The van der Waals surface area contributed by atoms with Gasteiger partial charge in [-0.3, -0.25) is 4.99 Å². The molecule has 9 heavy (non-hydrogen) atoms. The van der Waals surface area contributed by atoms with Gasteiger partial charge < -0.3 is 0 Å². The lowest BCUT2D eigenvalue weighted by Crippen LogP contribution is -1.99. The molecule has 2 unspecified atom stereocenters. The largest absolute Gasteiger partial charge is 0.269 e. The van der Waals surface area contributed by atoms with E-state index >= 15 is 0 Å². The molecule has 0 bridgehead atoms. The van der Waals surface area contributed by atoms with Crippen molar-refractivity contribution >= 4 is 6.21 Å². The highest BCUT2D eigenvalue weighted by molar-refractivity contribution is 5.61. The molecular formula is C8H13N. The highest BCUT2D eigenvalue weighted by Crippen LogP contribution is 2.13. The zero-order valence-corrected chi connectivity index (χ0v) is 6.04. The Morgan fingerprint density at radius 2 is 2.11 bits per heavy atom. The first-order chi connectivity index (χ1) is 4.29. The lowest BCUT2D eigenvalue weighted by molar-refractivity contribution is 0.578. The highest BCUT2D eigenvalue weighted by Gasteiger charge is 2.04. The van der Waals surface area contributed by atoms with Crippen LogP contribution in [0.2, 0.25) is 0 Å².